The molecule has 0 saturated carbocycles. The van der Waals surface area contributed by atoms with Gasteiger partial charge in [-0.15, -0.1) is 0 Å². The smallest absolute Gasteiger partial charge is 0.408 e. The summed E-state index contributed by atoms with van der Waals surface area (Å²) in [5.41, 5.74) is -1.80. The molecule has 140 valence electrons. The largest absolute Gasteiger partial charge is 0.481 e. The number of amides is 1. The lowest BCUT2D eigenvalue weighted by molar-refractivity contribution is -0.148. The Bertz CT molecular complexity index is 477. The second-order valence-electron chi connectivity index (χ2n) is 9.37. The molecule has 0 radical (unpaired) electrons. The van der Waals surface area contributed by atoms with E-state index in [1.54, 1.807) is 41.5 Å². The van der Waals surface area contributed by atoms with Gasteiger partial charge in [0.1, 0.15) is 5.60 Å². The minimum absolute atomic E-state index is 0.142. The van der Waals surface area contributed by atoms with Crippen molar-refractivity contribution in [1.29, 1.82) is 0 Å². The van der Waals surface area contributed by atoms with Crippen molar-refractivity contribution in [2.24, 2.45) is 16.7 Å². The van der Waals surface area contributed by atoms with Crippen LogP contribution in [-0.2, 0) is 14.3 Å². The van der Waals surface area contributed by atoms with Gasteiger partial charge in [-0.05, 0) is 31.6 Å². The van der Waals surface area contributed by atoms with Crippen LogP contribution >= 0.6 is 0 Å². The Morgan fingerprint density at radius 3 is 1.67 bits per heavy atom. The van der Waals surface area contributed by atoms with E-state index in [4.69, 9.17) is 4.74 Å². The lowest BCUT2D eigenvalue weighted by atomic mass is 9.74. The van der Waals surface area contributed by atoms with Crippen molar-refractivity contribution in [2.45, 2.75) is 80.4 Å². The Morgan fingerprint density at radius 2 is 1.38 bits per heavy atom. The number of carbonyl (C=O) groups excluding carboxylic acids is 2. The number of aliphatic carboxylic acids is 1. The Labute approximate surface area is 145 Å². The molecule has 0 bridgehead atoms. The molecule has 1 amide bonds. The van der Waals surface area contributed by atoms with Gasteiger partial charge in [-0.3, -0.25) is 9.59 Å². The molecule has 0 spiro atoms. The van der Waals surface area contributed by atoms with Crippen LogP contribution in [0.5, 0.6) is 0 Å². The normalized spacial score (nSPS) is 15.4. The molecule has 0 aliphatic rings. The summed E-state index contributed by atoms with van der Waals surface area (Å²) in [5.74, 6) is -2.15. The van der Waals surface area contributed by atoms with Crippen LogP contribution in [0.15, 0.2) is 0 Å². The first-order valence-electron chi connectivity index (χ1n) is 8.20. The quantitative estimate of drug-likeness (QED) is 0.795. The number of ether oxygens (including phenoxy) is 1. The summed E-state index contributed by atoms with van der Waals surface area (Å²) in [5, 5.41) is 12.0. The number of Topliss-reactive ketones (excluding diaryl/α,β-unsaturated/α-hetero) is 1. The Hall–Kier alpha value is -1.59. The number of carboxylic acid groups (broad SMARTS) is 1. The number of rotatable bonds is 5. The van der Waals surface area contributed by atoms with Gasteiger partial charge in [0.25, 0.3) is 0 Å². The topological polar surface area (TPSA) is 92.7 Å². The maximum atomic E-state index is 12.7. The fraction of sp³-hybridized carbons (Fsp3) is 0.833. The molecule has 6 nitrogen and oxygen atoms in total. The Kier molecular flexibility index (Phi) is 7.03. The number of nitrogens with one attached hydrogen (secondary N) is 1. The highest BCUT2D eigenvalue weighted by atomic mass is 16.6. The van der Waals surface area contributed by atoms with E-state index in [0.29, 0.717) is 0 Å². The van der Waals surface area contributed by atoms with E-state index in [2.05, 4.69) is 5.32 Å². The zero-order valence-corrected chi connectivity index (χ0v) is 16.4. The van der Waals surface area contributed by atoms with Crippen LogP contribution in [0.4, 0.5) is 4.79 Å². The van der Waals surface area contributed by atoms with Gasteiger partial charge in [0.15, 0.2) is 5.78 Å². The van der Waals surface area contributed by atoms with Crippen molar-refractivity contribution in [2.75, 3.05) is 0 Å². The van der Waals surface area contributed by atoms with Crippen molar-refractivity contribution in [3.63, 3.8) is 0 Å². The first kappa shape index (κ1) is 22.4. The number of carboxylic acids is 1. The molecule has 24 heavy (non-hydrogen) atoms. The van der Waals surface area contributed by atoms with Gasteiger partial charge in [0.05, 0.1) is 12.0 Å². The second-order valence-corrected chi connectivity index (χ2v) is 9.37. The number of alkyl carbamates (subject to hydrolysis) is 1. The van der Waals surface area contributed by atoms with E-state index < -0.39 is 40.5 Å². The minimum Gasteiger partial charge on any atom is -0.481 e. The van der Waals surface area contributed by atoms with Gasteiger partial charge in [-0.2, -0.15) is 0 Å². The molecular weight excluding hydrogens is 310 g/mol. The lowest BCUT2D eigenvalue weighted by Gasteiger charge is -2.33. The van der Waals surface area contributed by atoms with Crippen LogP contribution in [-0.4, -0.2) is 34.6 Å². The number of ketones is 1. The summed E-state index contributed by atoms with van der Waals surface area (Å²) < 4.78 is 5.21. The molecule has 0 unspecified atom stereocenters. The third-order valence-electron chi connectivity index (χ3n) is 3.60. The monoisotopic (exact) mass is 343 g/mol. The van der Waals surface area contributed by atoms with Crippen LogP contribution in [0.3, 0.4) is 0 Å². The van der Waals surface area contributed by atoms with E-state index in [1.807, 2.05) is 20.8 Å². The molecular formula is C18H33NO5. The molecule has 0 aromatic carbocycles. The SMILES string of the molecule is CC(C)(C)OC(=O)N[C@H](C(=O)C[C@H](C(=O)O)C(C)(C)C)C(C)(C)C. The van der Waals surface area contributed by atoms with Crippen molar-refractivity contribution >= 4 is 17.8 Å². The maximum Gasteiger partial charge on any atom is 0.408 e. The summed E-state index contributed by atoms with van der Waals surface area (Å²) in [6.45, 7) is 16.0. The summed E-state index contributed by atoms with van der Waals surface area (Å²) in [4.78, 5) is 36.3. The number of hydrogen-bond donors (Lipinski definition) is 2. The second kappa shape index (κ2) is 7.53. The number of hydrogen-bond acceptors (Lipinski definition) is 4. The van der Waals surface area contributed by atoms with Gasteiger partial charge < -0.3 is 15.2 Å². The van der Waals surface area contributed by atoms with Gasteiger partial charge >= 0.3 is 12.1 Å². The standard InChI is InChI=1S/C18H33NO5/c1-16(2,3)11(14(21)22)10-12(20)13(17(4,5)6)19-15(23)24-18(7,8)9/h11,13H,10H2,1-9H3,(H,19,23)(H,21,22)/t11-,13-/m1/s1. The van der Waals surface area contributed by atoms with E-state index >= 15 is 0 Å². The molecule has 0 aromatic heterocycles. The molecule has 0 aromatic rings. The highest BCUT2D eigenvalue weighted by Crippen LogP contribution is 2.31. The predicted molar refractivity (Wildman–Crippen MR) is 92.8 cm³/mol. The minimum atomic E-state index is -1.01. The molecule has 0 heterocycles. The van der Waals surface area contributed by atoms with Gasteiger partial charge in [-0.25, -0.2) is 4.79 Å². The first-order valence-corrected chi connectivity index (χ1v) is 8.20. The van der Waals surface area contributed by atoms with Crippen molar-refractivity contribution in [1.82, 2.24) is 5.32 Å². The van der Waals surface area contributed by atoms with Crippen LogP contribution in [0, 0.1) is 16.7 Å². The summed E-state index contributed by atoms with van der Waals surface area (Å²) in [6, 6.07) is -0.823. The summed E-state index contributed by atoms with van der Waals surface area (Å²) >= 11 is 0. The third-order valence-corrected chi connectivity index (χ3v) is 3.60. The van der Waals surface area contributed by atoms with E-state index in [0.717, 1.165) is 0 Å². The van der Waals surface area contributed by atoms with Gasteiger partial charge in [0.2, 0.25) is 0 Å². The average Bonchev–Trinajstić information content (AvgIpc) is 2.27. The predicted octanol–water partition coefficient (Wildman–Crippen LogP) is 3.63. The summed E-state index contributed by atoms with van der Waals surface area (Å²) in [7, 11) is 0. The fourth-order valence-electron chi connectivity index (χ4n) is 2.29. The van der Waals surface area contributed by atoms with Gasteiger partial charge in [-0.1, -0.05) is 41.5 Å². The van der Waals surface area contributed by atoms with Crippen molar-refractivity contribution in [3.8, 4) is 0 Å². The summed E-state index contributed by atoms with van der Waals surface area (Å²) in [6.07, 6.45) is -0.824. The fourth-order valence-corrected chi connectivity index (χ4v) is 2.29. The highest BCUT2D eigenvalue weighted by molar-refractivity contribution is 5.91. The molecule has 0 rings (SSSR count). The Balaban J connectivity index is 5.30. The first-order chi connectivity index (χ1) is 10.4. The maximum absolute atomic E-state index is 12.7. The lowest BCUT2D eigenvalue weighted by Crippen LogP contribution is -2.51. The molecule has 0 fully saturated rings. The molecule has 0 saturated heterocycles. The molecule has 0 aliphatic carbocycles. The van der Waals surface area contributed by atoms with E-state index in [9.17, 15) is 19.5 Å². The highest BCUT2D eigenvalue weighted by Gasteiger charge is 2.39. The van der Waals surface area contributed by atoms with Crippen molar-refractivity contribution in [3.05, 3.63) is 0 Å². The molecule has 2 N–H and O–H groups in total. The van der Waals surface area contributed by atoms with Gasteiger partial charge in [0, 0.05) is 6.42 Å². The van der Waals surface area contributed by atoms with Crippen LogP contribution < -0.4 is 5.32 Å². The average molecular weight is 343 g/mol. The van der Waals surface area contributed by atoms with Crippen molar-refractivity contribution < 1.29 is 24.2 Å². The Morgan fingerprint density at radius 1 is 0.917 bits per heavy atom. The zero-order valence-electron chi connectivity index (χ0n) is 16.4. The van der Waals surface area contributed by atoms with Crippen LogP contribution in [0.25, 0.3) is 0 Å². The third kappa shape index (κ3) is 7.79. The number of carbonyl (C=O) groups is 3. The zero-order chi connectivity index (χ0) is 19.5. The molecule has 6 heteroatoms. The van der Waals surface area contributed by atoms with Crippen LogP contribution in [0.1, 0.15) is 68.7 Å². The van der Waals surface area contributed by atoms with Crippen LogP contribution in [0.2, 0.25) is 0 Å². The molecule has 0 aliphatic heterocycles. The van der Waals surface area contributed by atoms with E-state index in [-0.39, 0.29) is 12.2 Å². The molecule has 2 atom stereocenters. The van der Waals surface area contributed by atoms with E-state index in [1.165, 1.54) is 0 Å².